The van der Waals surface area contributed by atoms with Gasteiger partial charge in [0, 0.05) is 16.5 Å². The van der Waals surface area contributed by atoms with E-state index in [1.807, 2.05) is 23.0 Å². The second kappa shape index (κ2) is 8.90. The number of ether oxygens (including phenoxy) is 1. The Labute approximate surface area is 173 Å². The third kappa shape index (κ3) is 5.84. The van der Waals surface area contributed by atoms with E-state index in [-0.39, 0.29) is 10.6 Å². The standard InChI is InChI=1S/C18H14F3N3O4S2/c19-18(20,21)28-13-6-8-14(9-7-13)30(26,27)24-23-16(25)11-29-15-5-1-3-12-4-2-10-22-17(12)15/h1-10,24H,11H2,(H,23,25). The van der Waals surface area contributed by atoms with Crippen LogP contribution in [0.15, 0.2) is 70.6 Å². The van der Waals surface area contributed by atoms with Crippen LogP contribution >= 0.6 is 11.8 Å². The Morgan fingerprint density at radius 3 is 2.47 bits per heavy atom. The molecule has 12 heteroatoms. The molecule has 0 spiro atoms. The average molecular weight is 457 g/mol. The summed E-state index contributed by atoms with van der Waals surface area (Å²) in [5.74, 6) is -1.27. The van der Waals surface area contributed by atoms with Gasteiger partial charge in [0.25, 0.3) is 10.0 Å². The number of aromatic nitrogens is 1. The highest BCUT2D eigenvalue weighted by Crippen LogP contribution is 2.26. The van der Waals surface area contributed by atoms with E-state index in [0.29, 0.717) is 0 Å². The minimum absolute atomic E-state index is 0.0867. The Kier molecular flexibility index (Phi) is 6.48. The van der Waals surface area contributed by atoms with Gasteiger partial charge < -0.3 is 4.74 Å². The number of hydrazine groups is 1. The summed E-state index contributed by atoms with van der Waals surface area (Å²) in [5.41, 5.74) is 2.79. The molecular weight excluding hydrogens is 443 g/mol. The van der Waals surface area contributed by atoms with Crippen molar-refractivity contribution in [1.29, 1.82) is 0 Å². The molecule has 0 unspecified atom stereocenters. The third-order valence-corrected chi connectivity index (χ3v) is 5.96. The van der Waals surface area contributed by atoms with Gasteiger partial charge in [0.1, 0.15) is 5.75 Å². The first-order valence-corrected chi connectivity index (χ1v) is 10.7. The first-order valence-electron chi connectivity index (χ1n) is 8.27. The van der Waals surface area contributed by atoms with Crippen LogP contribution in [0.4, 0.5) is 13.2 Å². The number of nitrogens with zero attached hydrogens (tertiary/aromatic N) is 1. The number of hydrogen-bond donors (Lipinski definition) is 2. The van der Waals surface area contributed by atoms with Gasteiger partial charge in [-0.05, 0) is 36.4 Å². The average Bonchev–Trinajstić information content (AvgIpc) is 2.70. The number of pyridine rings is 1. The van der Waals surface area contributed by atoms with Gasteiger partial charge in [0.05, 0.1) is 16.2 Å². The van der Waals surface area contributed by atoms with E-state index in [1.54, 1.807) is 18.3 Å². The van der Waals surface area contributed by atoms with E-state index in [9.17, 15) is 26.4 Å². The van der Waals surface area contributed by atoms with Crippen LogP contribution in [0.1, 0.15) is 0 Å². The summed E-state index contributed by atoms with van der Waals surface area (Å²) < 4.78 is 64.5. The van der Waals surface area contributed by atoms with Gasteiger partial charge >= 0.3 is 6.36 Å². The molecule has 0 radical (unpaired) electrons. The molecule has 0 saturated carbocycles. The largest absolute Gasteiger partial charge is 0.573 e. The van der Waals surface area contributed by atoms with E-state index in [2.05, 4.69) is 15.1 Å². The first-order chi connectivity index (χ1) is 14.1. The molecule has 0 aliphatic carbocycles. The number of halogens is 3. The molecule has 0 aliphatic rings. The highest BCUT2D eigenvalue weighted by molar-refractivity contribution is 8.00. The molecule has 0 aliphatic heterocycles. The van der Waals surface area contributed by atoms with Crippen LogP contribution in [-0.2, 0) is 14.8 Å². The predicted molar refractivity (Wildman–Crippen MR) is 104 cm³/mol. The normalized spacial score (nSPS) is 12.0. The maximum absolute atomic E-state index is 12.2. The van der Waals surface area contributed by atoms with Crippen molar-refractivity contribution in [3.05, 3.63) is 60.8 Å². The molecule has 3 aromatic rings. The Morgan fingerprint density at radius 2 is 1.77 bits per heavy atom. The zero-order valence-corrected chi connectivity index (χ0v) is 16.6. The lowest BCUT2D eigenvalue weighted by molar-refractivity contribution is -0.274. The van der Waals surface area contributed by atoms with Gasteiger partial charge in [0.15, 0.2) is 0 Å². The molecule has 0 fully saturated rings. The quantitative estimate of drug-likeness (QED) is 0.418. The van der Waals surface area contributed by atoms with Crippen molar-refractivity contribution in [2.45, 2.75) is 16.2 Å². The topological polar surface area (TPSA) is 97.4 Å². The number of fused-ring (bicyclic) bond motifs is 1. The molecule has 0 bridgehead atoms. The molecule has 1 aromatic heterocycles. The van der Waals surface area contributed by atoms with Gasteiger partial charge in [-0.3, -0.25) is 15.2 Å². The van der Waals surface area contributed by atoms with Gasteiger partial charge in [-0.2, -0.15) is 0 Å². The summed E-state index contributed by atoms with van der Waals surface area (Å²) in [7, 11) is -4.17. The van der Waals surface area contributed by atoms with Crippen molar-refractivity contribution < 1.29 is 31.1 Å². The molecule has 0 saturated heterocycles. The van der Waals surface area contributed by atoms with Crippen LogP contribution < -0.4 is 15.0 Å². The fraction of sp³-hybridized carbons (Fsp3) is 0.111. The minimum atomic E-state index is -4.89. The van der Waals surface area contributed by atoms with E-state index in [0.717, 1.165) is 40.1 Å². The van der Waals surface area contributed by atoms with Crippen LogP contribution in [0.2, 0.25) is 0 Å². The van der Waals surface area contributed by atoms with E-state index in [1.165, 1.54) is 11.8 Å². The zero-order chi connectivity index (χ0) is 21.8. The number of sulfonamides is 1. The van der Waals surface area contributed by atoms with Crippen molar-refractivity contribution in [2.24, 2.45) is 0 Å². The summed E-state index contributed by atoms with van der Waals surface area (Å²) in [6, 6.07) is 12.7. The Morgan fingerprint density at radius 1 is 1.07 bits per heavy atom. The van der Waals surface area contributed by atoms with Crippen molar-refractivity contribution in [3.63, 3.8) is 0 Å². The second-order valence-electron chi connectivity index (χ2n) is 5.79. The SMILES string of the molecule is O=C(CSc1cccc2cccnc12)NNS(=O)(=O)c1ccc(OC(F)(F)F)cc1. The fourth-order valence-electron chi connectivity index (χ4n) is 2.38. The Balaban J connectivity index is 1.57. The molecule has 2 N–H and O–H groups in total. The fourth-order valence-corrected chi connectivity index (χ4v) is 4.08. The maximum Gasteiger partial charge on any atom is 0.573 e. The summed E-state index contributed by atoms with van der Waals surface area (Å²) in [4.78, 5) is 18.6. The van der Waals surface area contributed by atoms with Gasteiger partial charge in [0.2, 0.25) is 5.91 Å². The molecular formula is C18H14F3N3O4S2. The number of rotatable bonds is 7. The highest BCUT2D eigenvalue weighted by Gasteiger charge is 2.31. The van der Waals surface area contributed by atoms with E-state index >= 15 is 0 Å². The number of nitrogens with one attached hydrogen (secondary N) is 2. The Hall–Kier alpha value is -2.83. The van der Waals surface area contributed by atoms with Gasteiger partial charge in [-0.15, -0.1) is 29.8 Å². The molecule has 1 amide bonds. The molecule has 0 atom stereocenters. The van der Waals surface area contributed by atoms with E-state index in [4.69, 9.17) is 0 Å². The van der Waals surface area contributed by atoms with Crippen LogP contribution in [-0.4, -0.2) is 31.4 Å². The van der Waals surface area contributed by atoms with Crippen LogP contribution in [0.25, 0.3) is 10.9 Å². The van der Waals surface area contributed by atoms with Crippen molar-refractivity contribution in [2.75, 3.05) is 5.75 Å². The van der Waals surface area contributed by atoms with Crippen molar-refractivity contribution in [3.8, 4) is 5.75 Å². The molecule has 158 valence electrons. The molecule has 30 heavy (non-hydrogen) atoms. The van der Waals surface area contributed by atoms with Crippen LogP contribution in [0, 0.1) is 0 Å². The van der Waals surface area contributed by atoms with Gasteiger partial charge in [-0.25, -0.2) is 8.42 Å². The van der Waals surface area contributed by atoms with Gasteiger partial charge in [-0.1, -0.05) is 18.2 Å². The molecule has 7 nitrogen and oxygen atoms in total. The first kappa shape index (κ1) is 21.9. The van der Waals surface area contributed by atoms with E-state index < -0.39 is 28.0 Å². The summed E-state index contributed by atoms with van der Waals surface area (Å²) in [6.45, 7) is 0. The molecule has 3 rings (SSSR count). The lowest BCUT2D eigenvalue weighted by atomic mass is 10.2. The second-order valence-corrected chi connectivity index (χ2v) is 8.49. The van der Waals surface area contributed by atoms with Crippen LogP contribution in [0.5, 0.6) is 5.75 Å². The summed E-state index contributed by atoms with van der Waals surface area (Å²) >= 11 is 1.18. The number of carbonyl (C=O) groups excluding carboxylic acids is 1. The van der Waals surface area contributed by atoms with Crippen molar-refractivity contribution in [1.82, 2.24) is 15.2 Å². The monoisotopic (exact) mass is 457 g/mol. The molecule has 1 heterocycles. The number of alkyl halides is 3. The number of benzene rings is 2. The maximum atomic E-state index is 12.2. The third-order valence-electron chi connectivity index (χ3n) is 3.65. The number of thioether (sulfide) groups is 1. The zero-order valence-electron chi connectivity index (χ0n) is 15.0. The number of para-hydroxylation sites is 1. The smallest absolute Gasteiger partial charge is 0.406 e. The number of amides is 1. The predicted octanol–water partition coefficient (Wildman–Crippen LogP) is 3.24. The summed E-state index contributed by atoms with van der Waals surface area (Å²) in [6.07, 6.45) is -3.25. The highest BCUT2D eigenvalue weighted by atomic mass is 32.2. The van der Waals surface area contributed by atoms with Crippen molar-refractivity contribution >= 4 is 38.6 Å². The van der Waals surface area contributed by atoms with Crippen LogP contribution in [0.3, 0.4) is 0 Å². The lowest BCUT2D eigenvalue weighted by Crippen LogP contribution is -2.42. The number of carbonyl (C=O) groups is 1. The minimum Gasteiger partial charge on any atom is -0.406 e. The molecule has 2 aromatic carbocycles. The summed E-state index contributed by atoms with van der Waals surface area (Å²) in [5, 5.41) is 0.904. The number of hydrogen-bond acceptors (Lipinski definition) is 6. The Bertz CT molecular complexity index is 1150. The lowest BCUT2D eigenvalue weighted by Gasteiger charge is -2.11.